The van der Waals surface area contributed by atoms with Crippen LogP contribution in [0.5, 0.6) is 0 Å². The smallest absolute Gasteiger partial charge is 0.259 e. The number of para-hydroxylation sites is 1. The summed E-state index contributed by atoms with van der Waals surface area (Å²) in [4.78, 5) is 24.0. The van der Waals surface area contributed by atoms with Gasteiger partial charge in [0.15, 0.2) is 0 Å². The Hall–Kier alpha value is -2.60. The van der Waals surface area contributed by atoms with Gasteiger partial charge in [-0.15, -0.1) is 6.42 Å². The molecule has 0 bridgehead atoms. The molecule has 0 aliphatic carbocycles. The number of amides is 1. The van der Waals surface area contributed by atoms with Crippen LogP contribution in [0.15, 0.2) is 42.5 Å². The van der Waals surface area contributed by atoms with Crippen LogP contribution in [-0.2, 0) is 9.59 Å². The third-order valence-electron chi connectivity index (χ3n) is 2.66. The van der Waals surface area contributed by atoms with Crippen molar-refractivity contribution in [3.05, 3.63) is 48.1 Å². The van der Waals surface area contributed by atoms with Gasteiger partial charge in [-0.1, -0.05) is 30.2 Å². The average molecular weight is 237 g/mol. The zero-order valence-corrected chi connectivity index (χ0v) is 9.67. The number of anilines is 1. The number of aldehydes is 1. The number of nitrogens with zero attached hydrogens (tertiary/aromatic N) is 1. The van der Waals surface area contributed by atoms with Crippen molar-refractivity contribution in [2.75, 3.05) is 11.4 Å². The highest BCUT2D eigenvalue weighted by Crippen LogP contribution is 2.36. The Morgan fingerprint density at radius 3 is 2.78 bits per heavy atom. The number of fused-ring (bicyclic) bond motifs is 1. The lowest BCUT2D eigenvalue weighted by atomic mass is 10.1. The summed E-state index contributed by atoms with van der Waals surface area (Å²) in [6.07, 6.45) is 10.5. The van der Waals surface area contributed by atoms with Crippen LogP contribution in [0.1, 0.15) is 5.56 Å². The first kappa shape index (κ1) is 11.9. The zero-order chi connectivity index (χ0) is 13.0. The maximum atomic E-state index is 12.2. The van der Waals surface area contributed by atoms with Crippen molar-refractivity contribution < 1.29 is 9.59 Å². The summed E-state index contributed by atoms with van der Waals surface area (Å²) in [5, 5.41) is 0. The van der Waals surface area contributed by atoms with Gasteiger partial charge in [-0.25, -0.2) is 0 Å². The van der Waals surface area contributed by atoms with Gasteiger partial charge < -0.3 is 0 Å². The first-order valence-electron chi connectivity index (χ1n) is 5.46. The van der Waals surface area contributed by atoms with Crippen LogP contribution in [0.2, 0.25) is 0 Å². The molecular formula is C15H11NO2. The van der Waals surface area contributed by atoms with Crippen LogP contribution in [0.25, 0.3) is 5.57 Å². The van der Waals surface area contributed by atoms with Crippen molar-refractivity contribution in [2.24, 2.45) is 0 Å². The lowest BCUT2D eigenvalue weighted by molar-refractivity contribution is -0.112. The summed E-state index contributed by atoms with van der Waals surface area (Å²) in [6.45, 7) is 0.241. The summed E-state index contributed by atoms with van der Waals surface area (Å²) in [6, 6.07) is 7.45. The highest BCUT2D eigenvalue weighted by molar-refractivity contribution is 6.32. The van der Waals surface area contributed by atoms with Crippen LogP contribution in [0.4, 0.5) is 5.69 Å². The van der Waals surface area contributed by atoms with E-state index in [-0.39, 0.29) is 12.5 Å². The van der Waals surface area contributed by atoms with E-state index < -0.39 is 0 Å². The predicted molar refractivity (Wildman–Crippen MR) is 70.8 cm³/mol. The molecule has 0 N–H and O–H groups in total. The molecule has 0 radical (unpaired) electrons. The minimum absolute atomic E-state index is 0.135. The Morgan fingerprint density at radius 2 is 2.06 bits per heavy atom. The summed E-state index contributed by atoms with van der Waals surface area (Å²) < 4.78 is 0. The summed E-state index contributed by atoms with van der Waals surface area (Å²) in [5.41, 5.74) is 2.21. The van der Waals surface area contributed by atoms with Crippen molar-refractivity contribution in [1.29, 1.82) is 0 Å². The molecule has 0 fully saturated rings. The molecular weight excluding hydrogens is 226 g/mol. The lowest BCUT2D eigenvalue weighted by Gasteiger charge is -2.12. The van der Waals surface area contributed by atoms with Gasteiger partial charge in [0.25, 0.3) is 5.91 Å². The number of hydrogen-bond acceptors (Lipinski definition) is 2. The van der Waals surface area contributed by atoms with Gasteiger partial charge in [0.2, 0.25) is 0 Å². The molecule has 3 nitrogen and oxygen atoms in total. The van der Waals surface area contributed by atoms with Gasteiger partial charge >= 0.3 is 0 Å². The molecule has 1 amide bonds. The second kappa shape index (κ2) is 5.15. The summed E-state index contributed by atoms with van der Waals surface area (Å²) in [7, 11) is 0. The molecule has 1 aromatic rings. The van der Waals surface area contributed by atoms with E-state index >= 15 is 0 Å². The van der Waals surface area contributed by atoms with Gasteiger partial charge in [0.05, 0.1) is 12.2 Å². The van der Waals surface area contributed by atoms with Gasteiger partial charge in [-0.3, -0.25) is 14.5 Å². The molecule has 88 valence electrons. The Morgan fingerprint density at radius 1 is 1.28 bits per heavy atom. The maximum absolute atomic E-state index is 12.2. The molecule has 2 rings (SSSR count). The highest BCUT2D eigenvalue weighted by Gasteiger charge is 2.30. The van der Waals surface area contributed by atoms with Crippen molar-refractivity contribution in [2.45, 2.75) is 0 Å². The van der Waals surface area contributed by atoms with Crippen LogP contribution in [-0.4, -0.2) is 18.7 Å². The maximum Gasteiger partial charge on any atom is 0.259 e. The Kier molecular flexibility index (Phi) is 3.40. The van der Waals surface area contributed by atoms with Crippen molar-refractivity contribution in [3.8, 4) is 12.3 Å². The molecule has 0 saturated heterocycles. The third-order valence-corrected chi connectivity index (χ3v) is 2.66. The van der Waals surface area contributed by atoms with Crippen LogP contribution < -0.4 is 4.90 Å². The Bertz CT molecular complexity index is 591. The van der Waals surface area contributed by atoms with E-state index in [1.165, 1.54) is 6.08 Å². The van der Waals surface area contributed by atoms with Crippen molar-refractivity contribution in [1.82, 2.24) is 0 Å². The first-order valence-corrected chi connectivity index (χ1v) is 5.46. The fourth-order valence-electron chi connectivity index (χ4n) is 1.91. The average Bonchev–Trinajstić information content (AvgIpc) is 2.65. The molecule has 3 heteroatoms. The minimum Gasteiger partial charge on any atom is -0.299 e. The molecule has 1 aliphatic rings. The monoisotopic (exact) mass is 237 g/mol. The van der Waals surface area contributed by atoms with E-state index in [1.807, 2.05) is 24.3 Å². The number of benzene rings is 1. The van der Waals surface area contributed by atoms with E-state index in [0.29, 0.717) is 11.9 Å². The van der Waals surface area contributed by atoms with E-state index in [1.54, 1.807) is 17.1 Å². The standard InChI is InChI=1S/C15H11NO2/c1-2-10-16-14-9-4-3-7-12(14)13(15(16)18)8-5-6-11-17/h1,3-9,11H,10H2/b6-5+,13-8-. The zero-order valence-electron chi connectivity index (χ0n) is 9.67. The topological polar surface area (TPSA) is 37.4 Å². The lowest BCUT2D eigenvalue weighted by Crippen LogP contribution is -2.26. The third kappa shape index (κ3) is 1.96. The fraction of sp³-hybridized carbons (Fsp3) is 0.0667. The van der Waals surface area contributed by atoms with Crippen LogP contribution >= 0.6 is 0 Å². The molecule has 18 heavy (non-hydrogen) atoms. The molecule has 0 atom stereocenters. The SMILES string of the molecule is C#CCN1C(=O)/C(=C\C=C\C=O)c2ccccc21. The normalized spacial score (nSPS) is 16.1. The first-order chi connectivity index (χ1) is 8.79. The number of allylic oxidation sites excluding steroid dienone is 3. The van der Waals surface area contributed by atoms with E-state index in [2.05, 4.69) is 5.92 Å². The number of terminal acetylenes is 1. The largest absolute Gasteiger partial charge is 0.299 e. The Labute approximate surface area is 105 Å². The fourth-order valence-corrected chi connectivity index (χ4v) is 1.91. The second-order valence-corrected chi connectivity index (χ2v) is 3.71. The van der Waals surface area contributed by atoms with Gasteiger partial charge in [0, 0.05) is 11.1 Å². The van der Waals surface area contributed by atoms with Gasteiger partial charge in [-0.2, -0.15) is 0 Å². The van der Waals surface area contributed by atoms with Crippen LogP contribution in [0, 0.1) is 12.3 Å². The predicted octanol–water partition coefficient (Wildman–Crippen LogP) is 1.80. The highest BCUT2D eigenvalue weighted by atomic mass is 16.2. The summed E-state index contributed by atoms with van der Waals surface area (Å²) >= 11 is 0. The molecule has 1 aromatic carbocycles. The molecule has 0 aromatic heterocycles. The molecule has 0 unspecified atom stereocenters. The molecule has 0 saturated carbocycles. The van der Waals surface area contributed by atoms with Gasteiger partial charge in [0.1, 0.15) is 6.29 Å². The van der Waals surface area contributed by atoms with Gasteiger partial charge in [-0.05, 0) is 18.2 Å². The Balaban J connectivity index is 2.48. The number of hydrogen-bond donors (Lipinski definition) is 0. The number of rotatable bonds is 3. The molecule has 1 heterocycles. The number of carbonyl (C=O) groups is 2. The molecule has 1 aliphatic heterocycles. The van der Waals surface area contributed by atoms with E-state index in [0.717, 1.165) is 11.3 Å². The van der Waals surface area contributed by atoms with Crippen molar-refractivity contribution in [3.63, 3.8) is 0 Å². The van der Waals surface area contributed by atoms with E-state index in [9.17, 15) is 9.59 Å². The van der Waals surface area contributed by atoms with E-state index in [4.69, 9.17) is 6.42 Å². The quantitative estimate of drug-likeness (QED) is 0.456. The van der Waals surface area contributed by atoms with Crippen LogP contribution in [0.3, 0.4) is 0 Å². The number of carbonyl (C=O) groups excluding carboxylic acids is 2. The molecule has 0 spiro atoms. The minimum atomic E-state index is -0.135. The summed E-state index contributed by atoms with van der Waals surface area (Å²) in [5.74, 6) is 2.34. The second-order valence-electron chi connectivity index (χ2n) is 3.71. The van der Waals surface area contributed by atoms with Crippen molar-refractivity contribution >= 4 is 23.5 Å².